The third-order valence-electron chi connectivity index (χ3n) is 6.18. The Hall–Kier alpha value is -2.48. The van der Waals surface area contributed by atoms with Gasteiger partial charge in [0.05, 0.1) is 11.5 Å². The van der Waals surface area contributed by atoms with Crippen LogP contribution < -0.4 is 4.90 Å². The first-order valence-corrected chi connectivity index (χ1v) is 11.6. The first-order valence-electron chi connectivity index (χ1n) is 11.6. The van der Waals surface area contributed by atoms with Gasteiger partial charge < -0.3 is 14.3 Å². The van der Waals surface area contributed by atoms with Crippen molar-refractivity contribution < 1.29 is 9.32 Å². The number of aromatic nitrogens is 3. The average Bonchev–Trinajstić information content (AvgIpc) is 3.28. The molecule has 4 rings (SSSR count). The van der Waals surface area contributed by atoms with Crippen LogP contribution in [0.4, 0.5) is 5.82 Å². The van der Waals surface area contributed by atoms with Crippen LogP contribution >= 0.6 is 0 Å². The summed E-state index contributed by atoms with van der Waals surface area (Å²) in [5.74, 6) is 2.98. The van der Waals surface area contributed by atoms with Gasteiger partial charge in [-0.05, 0) is 30.9 Å². The van der Waals surface area contributed by atoms with Crippen molar-refractivity contribution in [3.63, 3.8) is 0 Å². The highest BCUT2D eigenvalue weighted by atomic mass is 16.5. The third-order valence-corrected chi connectivity index (χ3v) is 6.18. The van der Waals surface area contributed by atoms with Crippen LogP contribution in [0.2, 0.25) is 0 Å². The summed E-state index contributed by atoms with van der Waals surface area (Å²) in [4.78, 5) is 29.1. The molecule has 31 heavy (non-hydrogen) atoms. The molecule has 1 amide bonds. The molecule has 2 fully saturated rings. The molecule has 0 N–H and O–H groups in total. The van der Waals surface area contributed by atoms with E-state index < -0.39 is 0 Å². The Morgan fingerprint density at radius 1 is 1.23 bits per heavy atom. The van der Waals surface area contributed by atoms with Gasteiger partial charge in [0.15, 0.2) is 0 Å². The maximum absolute atomic E-state index is 13.3. The van der Waals surface area contributed by atoms with Crippen LogP contribution in [-0.4, -0.2) is 76.6 Å². The molecule has 1 atom stereocenters. The number of anilines is 1. The number of hydrogen-bond donors (Lipinski definition) is 0. The molecule has 1 unspecified atom stereocenters. The number of hydrogen-bond acceptors (Lipinski definition) is 7. The first-order chi connectivity index (χ1) is 15.0. The van der Waals surface area contributed by atoms with Crippen molar-refractivity contribution in [2.45, 2.75) is 40.0 Å². The lowest BCUT2D eigenvalue weighted by Crippen LogP contribution is -2.53. The zero-order chi connectivity index (χ0) is 21.8. The van der Waals surface area contributed by atoms with E-state index in [2.05, 4.69) is 43.7 Å². The highest BCUT2D eigenvalue weighted by molar-refractivity contribution is 5.80. The topological polar surface area (TPSA) is 78.6 Å². The molecular formula is C23H34N6O2. The largest absolute Gasteiger partial charge is 0.355 e. The van der Waals surface area contributed by atoms with E-state index in [1.165, 1.54) is 0 Å². The van der Waals surface area contributed by atoms with E-state index in [1.54, 1.807) is 6.20 Å². The summed E-state index contributed by atoms with van der Waals surface area (Å²) >= 11 is 0. The van der Waals surface area contributed by atoms with Gasteiger partial charge in [-0.15, -0.1) is 0 Å². The van der Waals surface area contributed by atoms with Gasteiger partial charge in [0.25, 0.3) is 0 Å². The van der Waals surface area contributed by atoms with Crippen molar-refractivity contribution in [2.75, 3.05) is 50.7 Å². The Kier molecular flexibility index (Phi) is 6.85. The van der Waals surface area contributed by atoms with Crippen LogP contribution in [0.1, 0.15) is 39.5 Å². The predicted molar refractivity (Wildman–Crippen MR) is 120 cm³/mol. The van der Waals surface area contributed by atoms with Gasteiger partial charge in [0.2, 0.25) is 17.6 Å². The van der Waals surface area contributed by atoms with Gasteiger partial charge in [-0.25, -0.2) is 4.98 Å². The zero-order valence-corrected chi connectivity index (χ0v) is 19.0. The second-order valence-corrected chi connectivity index (χ2v) is 9.04. The fraction of sp³-hybridized carbons (Fsp3) is 0.652. The van der Waals surface area contributed by atoms with Crippen LogP contribution in [0, 0.1) is 11.8 Å². The lowest BCUT2D eigenvalue weighted by molar-refractivity contribution is -0.137. The monoisotopic (exact) mass is 426 g/mol. The summed E-state index contributed by atoms with van der Waals surface area (Å²) in [6.45, 7) is 12.8. The molecule has 2 aromatic heterocycles. The minimum atomic E-state index is 0.0109. The molecular weight excluding hydrogens is 392 g/mol. The second-order valence-electron chi connectivity index (χ2n) is 9.04. The van der Waals surface area contributed by atoms with Crippen LogP contribution in [-0.2, 0) is 11.2 Å². The number of rotatable bonds is 6. The molecule has 0 saturated carbocycles. The molecule has 168 valence electrons. The van der Waals surface area contributed by atoms with Crippen molar-refractivity contribution in [1.29, 1.82) is 0 Å². The van der Waals surface area contributed by atoms with E-state index in [1.807, 2.05) is 19.1 Å². The SMILES string of the molecule is CCc1nc(-c2cccnc2N2CCCC(C(=O)N3CCN(CC(C)C)CC3)C2)no1. The number of carbonyl (C=O) groups excluding carboxylic acids is 1. The summed E-state index contributed by atoms with van der Waals surface area (Å²) in [5, 5.41) is 4.14. The molecule has 8 heteroatoms. The van der Waals surface area contributed by atoms with Crippen LogP contribution in [0.25, 0.3) is 11.4 Å². The van der Waals surface area contributed by atoms with E-state index in [-0.39, 0.29) is 5.92 Å². The van der Waals surface area contributed by atoms with Gasteiger partial charge in [0, 0.05) is 58.4 Å². The van der Waals surface area contributed by atoms with Crippen molar-refractivity contribution in [3.05, 3.63) is 24.2 Å². The zero-order valence-electron chi connectivity index (χ0n) is 19.0. The van der Waals surface area contributed by atoms with Gasteiger partial charge in [0.1, 0.15) is 5.82 Å². The van der Waals surface area contributed by atoms with Gasteiger partial charge >= 0.3 is 0 Å². The number of piperidine rings is 1. The van der Waals surface area contributed by atoms with Crippen LogP contribution in [0.5, 0.6) is 0 Å². The maximum Gasteiger partial charge on any atom is 0.227 e. The number of amides is 1. The maximum atomic E-state index is 13.3. The Labute approximate surface area is 184 Å². The summed E-state index contributed by atoms with van der Waals surface area (Å²) in [5.41, 5.74) is 0.862. The summed E-state index contributed by atoms with van der Waals surface area (Å²) < 4.78 is 5.31. The molecule has 2 saturated heterocycles. The van der Waals surface area contributed by atoms with Gasteiger partial charge in [-0.2, -0.15) is 4.98 Å². The number of pyridine rings is 1. The summed E-state index contributed by atoms with van der Waals surface area (Å²) in [6.07, 6.45) is 4.41. The van der Waals surface area contributed by atoms with E-state index in [0.717, 1.165) is 63.5 Å². The fourth-order valence-corrected chi connectivity index (χ4v) is 4.63. The average molecular weight is 427 g/mol. The standard InChI is InChI=1S/C23H34N6O2/c1-4-20-25-21(26-31-20)19-8-5-9-24-22(19)29-10-6-7-18(16-29)23(30)28-13-11-27(12-14-28)15-17(2)3/h5,8-9,17-18H,4,6-7,10-16H2,1-3H3. The molecule has 8 nitrogen and oxygen atoms in total. The lowest BCUT2D eigenvalue weighted by Gasteiger charge is -2.39. The van der Waals surface area contributed by atoms with Crippen molar-refractivity contribution in [3.8, 4) is 11.4 Å². The third kappa shape index (κ3) is 5.06. The van der Waals surface area contributed by atoms with E-state index >= 15 is 0 Å². The molecule has 0 spiro atoms. The molecule has 0 radical (unpaired) electrons. The Bertz CT molecular complexity index is 874. The molecule has 4 heterocycles. The van der Waals surface area contributed by atoms with Crippen LogP contribution in [0.3, 0.4) is 0 Å². The number of carbonyl (C=O) groups is 1. The molecule has 2 aliphatic rings. The minimum Gasteiger partial charge on any atom is -0.355 e. The predicted octanol–water partition coefficient (Wildman–Crippen LogP) is 2.71. The number of piperazine rings is 1. The molecule has 2 aromatic rings. The highest BCUT2D eigenvalue weighted by Crippen LogP contribution is 2.30. The van der Waals surface area contributed by atoms with Crippen LogP contribution in [0.15, 0.2) is 22.9 Å². The van der Waals surface area contributed by atoms with E-state index in [9.17, 15) is 4.79 Å². The summed E-state index contributed by atoms with van der Waals surface area (Å²) in [7, 11) is 0. The van der Waals surface area contributed by atoms with Crippen molar-refractivity contribution in [2.24, 2.45) is 11.8 Å². The lowest BCUT2D eigenvalue weighted by atomic mass is 9.95. The number of nitrogens with zero attached hydrogens (tertiary/aromatic N) is 6. The Morgan fingerprint density at radius 2 is 2.03 bits per heavy atom. The molecule has 0 aliphatic carbocycles. The first kappa shape index (κ1) is 21.7. The Morgan fingerprint density at radius 3 is 2.74 bits per heavy atom. The van der Waals surface area contributed by atoms with E-state index in [4.69, 9.17) is 4.52 Å². The number of aryl methyl sites for hydroxylation is 1. The van der Waals surface area contributed by atoms with Gasteiger partial charge in [-0.1, -0.05) is 25.9 Å². The van der Waals surface area contributed by atoms with Gasteiger partial charge in [-0.3, -0.25) is 9.69 Å². The highest BCUT2D eigenvalue weighted by Gasteiger charge is 2.32. The smallest absolute Gasteiger partial charge is 0.227 e. The summed E-state index contributed by atoms with van der Waals surface area (Å²) in [6, 6.07) is 3.87. The van der Waals surface area contributed by atoms with Crippen molar-refractivity contribution in [1.82, 2.24) is 24.9 Å². The van der Waals surface area contributed by atoms with E-state index in [0.29, 0.717) is 36.5 Å². The molecule has 0 bridgehead atoms. The minimum absolute atomic E-state index is 0.0109. The van der Waals surface area contributed by atoms with Crippen molar-refractivity contribution >= 4 is 11.7 Å². The quantitative estimate of drug-likeness (QED) is 0.703. The molecule has 2 aliphatic heterocycles. The Balaban J connectivity index is 1.43. The normalized spacial score (nSPS) is 20.5. The fourth-order valence-electron chi connectivity index (χ4n) is 4.63. The molecule has 0 aromatic carbocycles. The second kappa shape index (κ2) is 9.77.